The molecular weight excluding hydrogens is 307 g/mol. The Bertz CT molecular complexity index is 693. The van der Waals surface area contributed by atoms with E-state index in [-0.39, 0.29) is 40.5 Å². The Balaban J connectivity index is 1.79. The van der Waals surface area contributed by atoms with Gasteiger partial charge >= 0.3 is 0 Å². The summed E-state index contributed by atoms with van der Waals surface area (Å²) in [5, 5.41) is 10.4. The fourth-order valence-electron chi connectivity index (χ4n) is 6.47. The lowest BCUT2D eigenvalue weighted by atomic mass is 9.46. The fraction of sp³-hybridized carbons (Fsp3) is 0.700. The van der Waals surface area contributed by atoms with Crippen molar-refractivity contribution >= 4 is 11.6 Å². The SMILES string of the molecule is C=C1C[C@@H]2[C@H](CC[C@]3(C)C(=O)[C@H](F)C[C@@H]23)[C@@]2(C)CCC(=O)C(O)=C12. The van der Waals surface area contributed by atoms with Crippen molar-refractivity contribution in [1.29, 1.82) is 0 Å². The van der Waals surface area contributed by atoms with E-state index >= 15 is 0 Å². The van der Waals surface area contributed by atoms with Crippen LogP contribution < -0.4 is 0 Å². The van der Waals surface area contributed by atoms with Crippen molar-refractivity contribution in [3.8, 4) is 0 Å². The van der Waals surface area contributed by atoms with Crippen molar-refractivity contribution in [2.45, 2.75) is 58.5 Å². The number of ketones is 2. The van der Waals surface area contributed by atoms with Gasteiger partial charge in [0.05, 0.1) is 0 Å². The summed E-state index contributed by atoms with van der Waals surface area (Å²) < 4.78 is 14.2. The summed E-state index contributed by atoms with van der Waals surface area (Å²) in [5.74, 6) is 0.0347. The number of hydrogen-bond donors (Lipinski definition) is 1. The van der Waals surface area contributed by atoms with Gasteiger partial charge in [-0.05, 0) is 55.4 Å². The lowest BCUT2D eigenvalue weighted by Crippen LogP contribution is -2.51. The summed E-state index contributed by atoms with van der Waals surface area (Å²) in [5.41, 5.74) is 0.717. The number of aliphatic hydroxyl groups excluding tert-OH is 1. The van der Waals surface area contributed by atoms with Crippen LogP contribution in [0.2, 0.25) is 0 Å². The van der Waals surface area contributed by atoms with Gasteiger partial charge in [0, 0.05) is 22.8 Å². The molecule has 4 rings (SSSR count). The number of aliphatic hydroxyl groups is 1. The molecule has 0 aromatic carbocycles. The molecule has 3 nitrogen and oxygen atoms in total. The van der Waals surface area contributed by atoms with E-state index in [4.69, 9.17) is 0 Å². The molecule has 0 spiro atoms. The number of Topliss-reactive ketones (excluding diaryl/α,β-unsaturated/α-hetero) is 2. The third-order valence-corrected chi connectivity index (χ3v) is 7.73. The predicted octanol–water partition coefficient (Wildman–Crippen LogP) is 4.09. The van der Waals surface area contributed by atoms with E-state index in [9.17, 15) is 19.1 Å². The van der Waals surface area contributed by atoms with Gasteiger partial charge in [-0.25, -0.2) is 4.39 Å². The maximum absolute atomic E-state index is 14.2. The third-order valence-electron chi connectivity index (χ3n) is 7.73. The van der Waals surface area contributed by atoms with Crippen LogP contribution in [0.5, 0.6) is 0 Å². The molecule has 0 aromatic rings. The second kappa shape index (κ2) is 4.80. The van der Waals surface area contributed by atoms with Crippen LogP contribution in [0, 0.1) is 28.6 Å². The maximum atomic E-state index is 14.2. The number of hydrogen-bond acceptors (Lipinski definition) is 3. The molecule has 130 valence electrons. The highest BCUT2D eigenvalue weighted by atomic mass is 19.1. The van der Waals surface area contributed by atoms with Gasteiger partial charge in [-0.3, -0.25) is 9.59 Å². The van der Waals surface area contributed by atoms with Gasteiger partial charge in [0.2, 0.25) is 0 Å². The Morgan fingerprint density at radius 1 is 1.17 bits per heavy atom. The number of fused-ring (bicyclic) bond motifs is 5. The van der Waals surface area contributed by atoms with E-state index in [0.29, 0.717) is 32.1 Å². The quantitative estimate of drug-likeness (QED) is 0.727. The van der Waals surface area contributed by atoms with Crippen LogP contribution in [0.25, 0.3) is 0 Å². The standard InChI is InChI=1S/C20H25FO3/c1-10-8-11-12(19(2)7-5-15(22)17(23)16(10)19)4-6-20(3)13(11)9-14(21)18(20)24/h11-14,23H,1,4-9H2,2-3H3/t11-,12+,13+,14-,19-,20+/m1/s1. The molecule has 3 saturated carbocycles. The van der Waals surface area contributed by atoms with Crippen molar-refractivity contribution in [2.24, 2.45) is 28.6 Å². The predicted molar refractivity (Wildman–Crippen MR) is 88.1 cm³/mol. The van der Waals surface area contributed by atoms with Crippen LogP contribution in [0.15, 0.2) is 23.5 Å². The first-order valence-corrected chi connectivity index (χ1v) is 9.03. The first-order chi connectivity index (χ1) is 11.2. The molecule has 0 radical (unpaired) electrons. The third kappa shape index (κ3) is 1.77. The zero-order chi connectivity index (χ0) is 17.4. The Labute approximate surface area is 142 Å². The van der Waals surface area contributed by atoms with E-state index in [0.717, 1.165) is 17.6 Å². The van der Waals surface area contributed by atoms with Gasteiger partial charge in [0.25, 0.3) is 0 Å². The molecule has 0 unspecified atom stereocenters. The van der Waals surface area contributed by atoms with E-state index < -0.39 is 11.6 Å². The summed E-state index contributed by atoms with van der Waals surface area (Å²) in [6, 6.07) is 0. The van der Waals surface area contributed by atoms with Crippen LogP contribution in [0.3, 0.4) is 0 Å². The molecule has 0 amide bonds. The first-order valence-electron chi connectivity index (χ1n) is 9.03. The molecule has 0 bridgehead atoms. The molecule has 0 aliphatic heterocycles. The lowest BCUT2D eigenvalue weighted by molar-refractivity contribution is -0.134. The van der Waals surface area contributed by atoms with Gasteiger partial charge in [0.1, 0.15) is 0 Å². The first kappa shape index (κ1) is 16.0. The van der Waals surface area contributed by atoms with Crippen molar-refractivity contribution in [3.63, 3.8) is 0 Å². The molecule has 3 fully saturated rings. The molecule has 24 heavy (non-hydrogen) atoms. The average Bonchev–Trinajstić information content (AvgIpc) is 2.75. The maximum Gasteiger partial charge on any atom is 0.197 e. The smallest absolute Gasteiger partial charge is 0.197 e. The second-order valence-electron chi connectivity index (χ2n) is 8.77. The molecule has 0 saturated heterocycles. The summed E-state index contributed by atoms with van der Waals surface area (Å²) in [6.45, 7) is 8.21. The number of allylic oxidation sites excluding steroid dienone is 2. The summed E-state index contributed by atoms with van der Waals surface area (Å²) in [6.07, 6.45) is 2.28. The molecule has 4 aliphatic carbocycles. The molecule has 4 heteroatoms. The molecule has 0 aromatic heterocycles. The van der Waals surface area contributed by atoms with Gasteiger partial charge in [-0.2, -0.15) is 0 Å². The second-order valence-corrected chi connectivity index (χ2v) is 8.77. The van der Waals surface area contributed by atoms with E-state index in [2.05, 4.69) is 13.5 Å². The van der Waals surface area contributed by atoms with Crippen LogP contribution >= 0.6 is 0 Å². The van der Waals surface area contributed by atoms with Crippen molar-refractivity contribution in [2.75, 3.05) is 0 Å². The highest BCUT2D eigenvalue weighted by molar-refractivity contribution is 5.96. The minimum atomic E-state index is -1.34. The van der Waals surface area contributed by atoms with Crippen LogP contribution in [0.4, 0.5) is 4.39 Å². The number of carbonyl (C=O) groups is 2. The van der Waals surface area contributed by atoms with Crippen LogP contribution in [0.1, 0.15) is 52.4 Å². The Kier molecular flexibility index (Phi) is 3.21. The Hall–Kier alpha value is -1.45. The molecular formula is C20H25FO3. The molecule has 4 aliphatic rings. The zero-order valence-corrected chi connectivity index (χ0v) is 14.4. The fourth-order valence-corrected chi connectivity index (χ4v) is 6.47. The van der Waals surface area contributed by atoms with E-state index in [1.54, 1.807) is 0 Å². The molecule has 1 N–H and O–H groups in total. The largest absolute Gasteiger partial charge is 0.504 e. The molecule has 6 atom stereocenters. The van der Waals surface area contributed by atoms with Crippen molar-refractivity contribution < 1.29 is 19.1 Å². The normalized spacial score (nSPS) is 48.2. The zero-order valence-electron chi connectivity index (χ0n) is 14.4. The van der Waals surface area contributed by atoms with Crippen molar-refractivity contribution in [3.05, 3.63) is 23.5 Å². The molecule has 0 heterocycles. The number of rotatable bonds is 0. The number of halogens is 1. The average molecular weight is 332 g/mol. The van der Waals surface area contributed by atoms with E-state index in [1.807, 2.05) is 6.92 Å². The highest BCUT2D eigenvalue weighted by Crippen LogP contribution is 2.65. The number of alkyl halides is 1. The van der Waals surface area contributed by atoms with Crippen LogP contribution in [-0.2, 0) is 9.59 Å². The van der Waals surface area contributed by atoms with Gasteiger partial charge in [0.15, 0.2) is 23.5 Å². The topological polar surface area (TPSA) is 54.4 Å². The van der Waals surface area contributed by atoms with Gasteiger partial charge < -0.3 is 5.11 Å². The summed E-state index contributed by atoms with van der Waals surface area (Å²) in [4.78, 5) is 24.4. The highest BCUT2D eigenvalue weighted by Gasteiger charge is 2.62. The van der Waals surface area contributed by atoms with Crippen molar-refractivity contribution in [1.82, 2.24) is 0 Å². The minimum absolute atomic E-state index is 0.0497. The lowest BCUT2D eigenvalue weighted by Gasteiger charge is -2.57. The number of carbonyl (C=O) groups excluding carboxylic acids is 2. The Morgan fingerprint density at radius 3 is 2.58 bits per heavy atom. The summed E-state index contributed by atoms with van der Waals surface area (Å²) >= 11 is 0. The monoisotopic (exact) mass is 332 g/mol. The van der Waals surface area contributed by atoms with E-state index in [1.165, 1.54) is 0 Å². The minimum Gasteiger partial charge on any atom is -0.504 e. The van der Waals surface area contributed by atoms with Gasteiger partial charge in [-0.1, -0.05) is 20.4 Å². The van der Waals surface area contributed by atoms with Crippen LogP contribution in [-0.4, -0.2) is 22.8 Å². The Morgan fingerprint density at radius 2 is 1.88 bits per heavy atom. The van der Waals surface area contributed by atoms with Gasteiger partial charge in [-0.15, -0.1) is 0 Å². The summed E-state index contributed by atoms with van der Waals surface area (Å²) in [7, 11) is 0.